The number of nitrogens with zero attached hydrogens (tertiary/aromatic N) is 3. The quantitative estimate of drug-likeness (QED) is 0.677. The van der Waals surface area contributed by atoms with Gasteiger partial charge in [-0.1, -0.05) is 32.0 Å². The number of para-hydroxylation sites is 1. The van der Waals surface area contributed by atoms with E-state index in [4.69, 9.17) is 0 Å². The van der Waals surface area contributed by atoms with E-state index in [2.05, 4.69) is 15.0 Å². The first kappa shape index (κ1) is 16.7. The first-order valence-electron chi connectivity index (χ1n) is 7.25. The molecule has 1 amide bonds. The Morgan fingerprint density at radius 3 is 2.65 bits per heavy atom. The minimum absolute atomic E-state index is 0.154. The van der Waals surface area contributed by atoms with Crippen LogP contribution < -0.4 is 0 Å². The maximum Gasteiger partial charge on any atom is 0.325 e. The van der Waals surface area contributed by atoms with Crippen molar-refractivity contribution in [1.29, 1.82) is 0 Å². The number of carbonyl (C=O) groups is 2. The van der Waals surface area contributed by atoms with Crippen molar-refractivity contribution in [1.82, 2.24) is 4.57 Å². The van der Waals surface area contributed by atoms with Crippen LogP contribution in [0.25, 0.3) is 10.9 Å². The summed E-state index contributed by atoms with van der Waals surface area (Å²) in [7, 11) is 1.27. The molecule has 2 rings (SSSR count). The number of methoxy groups -OCH3 is 1. The molecule has 0 fully saturated rings. The Morgan fingerprint density at radius 2 is 2.00 bits per heavy atom. The zero-order valence-corrected chi connectivity index (χ0v) is 13.3. The molecular formula is C16H19N3O4. The fourth-order valence-electron chi connectivity index (χ4n) is 2.22. The molecule has 0 aliphatic rings. The predicted molar refractivity (Wildman–Crippen MR) is 84.6 cm³/mol. The average molecular weight is 317 g/mol. The van der Waals surface area contributed by atoms with E-state index >= 15 is 0 Å². The molecule has 1 aromatic heterocycles. The fourth-order valence-corrected chi connectivity index (χ4v) is 2.22. The zero-order chi connectivity index (χ0) is 17.0. The van der Waals surface area contributed by atoms with Crippen molar-refractivity contribution in [2.75, 3.05) is 7.11 Å². The van der Waals surface area contributed by atoms with Gasteiger partial charge in [-0.15, -0.1) is 10.2 Å². The van der Waals surface area contributed by atoms with E-state index in [1.165, 1.54) is 11.7 Å². The molecule has 7 heteroatoms. The minimum Gasteiger partial charge on any atom is -0.493 e. The normalized spacial score (nSPS) is 11.5. The molecule has 0 spiro atoms. The standard InChI is InChI=1S/C16H19N3O4/c1-10(2)8-13(20)17-18-15-11-6-4-5-7-12(11)19(16(15)22)9-14(21)23-3/h4-7,10,22H,8-9H2,1-3H3. The summed E-state index contributed by atoms with van der Waals surface area (Å²) < 4.78 is 6.01. The van der Waals surface area contributed by atoms with Gasteiger partial charge in [-0.2, -0.15) is 0 Å². The molecule has 0 aliphatic heterocycles. The molecule has 1 N–H and O–H groups in total. The average Bonchev–Trinajstić information content (AvgIpc) is 2.77. The second-order valence-corrected chi connectivity index (χ2v) is 5.54. The van der Waals surface area contributed by atoms with Crippen LogP contribution in [0.1, 0.15) is 20.3 Å². The molecule has 0 bridgehead atoms. The number of amides is 1. The molecule has 0 saturated heterocycles. The first-order chi connectivity index (χ1) is 10.9. The van der Waals surface area contributed by atoms with Crippen LogP contribution in [0.3, 0.4) is 0 Å². The third kappa shape index (κ3) is 3.74. The van der Waals surface area contributed by atoms with Crippen molar-refractivity contribution in [2.45, 2.75) is 26.8 Å². The molecule has 0 aliphatic carbocycles. The van der Waals surface area contributed by atoms with Crippen molar-refractivity contribution in [3.05, 3.63) is 24.3 Å². The molecule has 0 saturated carbocycles. The smallest absolute Gasteiger partial charge is 0.325 e. The van der Waals surface area contributed by atoms with Crippen LogP contribution in [0, 0.1) is 5.92 Å². The molecule has 0 unspecified atom stereocenters. The second-order valence-electron chi connectivity index (χ2n) is 5.54. The minimum atomic E-state index is -0.500. The lowest BCUT2D eigenvalue weighted by Gasteiger charge is -2.04. The summed E-state index contributed by atoms with van der Waals surface area (Å²) >= 11 is 0. The van der Waals surface area contributed by atoms with Gasteiger partial charge >= 0.3 is 5.97 Å². The third-order valence-electron chi connectivity index (χ3n) is 3.28. The van der Waals surface area contributed by atoms with Crippen LogP contribution in [0.4, 0.5) is 5.69 Å². The van der Waals surface area contributed by atoms with Crippen molar-refractivity contribution >= 4 is 28.5 Å². The summed E-state index contributed by atoms with van der Waals surface area (Å²) in [6, 6.07) is 7.04. The van der Waals surface area contributed by atoms with Gasteiger partial charge in [-0.05, 0) is 12.0 Å². The zero-order valence-electron chi connectivity index (χ0n) is 13.3. The van der Waals surface area contributed by atoms with Gasteiger partial charge in [-0.3, -0.25) is 14.2 Å². The maximum atomic E-state index is 11.7. The topological polar surface area (TPSA) is 93.2 Å². The third-order valence-corrected chi connectivity index (χ3v) is 3.28. The first-order valence-corrected chi connectivity index (χ1v) is 7.25. The summed E-state index contributed by atoms with van der Waals surface area (Å²) in [5.74, 6) is -0.905. The van der Waals surface area contributed by atoms with E-state index in [1.54, 1.807) is 24.3 Å². The number of fused-ring (bicyclic) bond motifs is 1. The number of aromatic nitrogens is 1. The Labute approximate surface area is 133 Å². The highest BCUT2D eigenvalue weighted by molar-refractivity contribution is 5.96. The number of azo groups is 1. The second kappa shape index (κ2) is 7.04. The number of benzene rings is 1. The molecule has 1 heterocycles. The lowest BCUT2D eigenvalue weighted by molar-refractivity contribution is -0.141. The number of hydrogen-bond donors (Lipinski definition) is 1. The largest absolute Gasteiger partial charge is 0.493 e. The van der Waals surface area contributed by atoms with Crippen molar-refractivity contribution in [3.8, 4) is 5.88 Å². The Morgan fingerprint density at radius 1 is 1.30 bits per heavy atom. The molecule has 122 valence electrons. The van der Waals surface area contributed by atoms with Gasteiger partial charge in [0.1, 0.15) is 6.54 Å². The van der Waals surface area contributed by atoms with Crippen LogP contribution in [0.15, 0.2) is 34.5 Å². The highest BCUT2D eigenvalue weighted by Crippen LogP contribution is 2.38. The van der Waals surface area contributed by atoms with E-state index < -0.39 is 5.97 Å². The van der Waals surface area contributed by atoms with E-state index in [-0.39, 0.29) is 36.4 Å². The van der Waals surface area contributed by atoms with Gasteiger partial charge in [0.2, 0.25) is 5.88 Å². The monoisotopic (exact) mass is 317 g/mol. The Hall–Kier alpha value is -2.70. The predicted octanol–water partition coefficient (Wildman–Crippen LogP) is 3.18. The molecule has 7 nitrogen and oxygen atoms in total. The van der Waals surface area contributed by atoms with Crippen LogP contribution in [0.5, 0.6) is 5.88 Å². The Balaban J connectivity index is 2.44. The van der Waals surface area contributed by atoms with Crippen LogP contribution in [-0.4, -0.2) is 28.7 Å². The van der Waals surface area contributed by atoms with E-state index in [0.29, 0.717) is 10.9 Å². The molecule has 0 atom stereocenters. The van der Waals surface area contributed by atoms with Gasteiger partial charge in [0.15, 0.2) is 5.69 Å². The number of aromatic hydroxyl groups is 1. The summed E-state index contributed by atoms with van der Waals surface area (Å²) in [4.78, 5) is 23.2. The number of esters is 1. The van der Waals surface area contributed by atoms with Crippen LogP contribution in [0.2, 0.25) is 0 Å². The number of rotatable bonds is 5. The van der Waals surface area contributed by atoms with Gasteiger partial charge in [0.05, 0.1) is 12.6 Å². The van der Waals surface area contributed by atoms with Crippen LogP contribution in [-0.2, 0) is 20.9 Å². The van der Waals surface area contributed by atoms with Gasteiger partial charge < -0.3 is 9.84 Å². The number of hydrogen-bond acceptors (Lipinski definition) is 5. The highest BCUT2D eigenvalue weighted by Gasteiger charge is 2.18. The molecule has 2 aromatic rings. The van der Waals surface area contributed by atoms with Gasteiger partial charge in [-0.25, -0.2) is 0 Å². The molecule has 1 aromatic carbocycles. The van der Waals surface area contributed by atoms with Crippen molar-refractivity contribution in [2.24, 2.45) is 16.1 Å². The number of carbonyl (C=O) groups excluding carboxylic acids is 2. The summed E-state index contributed by atoms with van der Waals surface area (Å²) in [5.41, 5.74) is 0.780. The summed E-state index contributed by atoms with van der Waals surface area (Å²) in [6.45, 7) is 3.67. The Bertz CT molecular complexity index is 762. The summed E-state index contributed by atoms with van der Waals surface area (Å²) in [6.07, 6.45) is 0.283. The van der Waals surface area contributed by atoms with E-state index in [1.807, 2.05) is 13.8 Å². The van der Waals surface area contributed by atoms with Crippen LogP contribution >= 0.6 is 0 Å². The Kier molecular flexibility index (Phi) is 5.10. The lowest BCUT2D eigenvalue weighted by Crippen LogP contribution is -2.10. The van der Waals surface area contributed by atoms with Crippen molar-refractivity contribution < 1.29 is 19.4 Å². The summed E-state index contributed by atoms with van der Waals surface area (Å²) in [5, 5.41) is 18.5. The maximum absolute atomic E-state index is 11.7. The van der Waals surface area contributed by atoms with Gasteiger partial charge in [0, 0.05) is 11.8 Å². The molecule has 0 radical (unpaired) electrons. The van der Waals surface area contributed by atoms with Gasteiger partial charge in [0.25, 0.3) is 5.91 Å². The molecular weight excluding hydrogens is 298 g/mol. The van der Waals surface area contributed by atoms with Crippen molar-refractivity contribution in [3.63, 3.8) is 0 Å². The molecule has 23 heavy (non-hydrogen) atoms. The fraction of sp³-hybridized carbons (Fsp3) is 0.375. The SMILES string of the molecule is COC(=O)Cn1c(O)c(N=NC(=O)CC(C)C)c2ccccc21. The van der Waals surface area contributed by atoms with E-state index in [9.17, 15) is 14.7 Å². The lowest BCUT2D eigenvalue weighted by atomic mass is 10.1. The highest BCUT2D eigenvalue weighted by atomic mass is 16.5. The van der Waals surface area contributed by atoms with E-state index in [0.717, 1.165) is 0 Å². The number of ether oxygens (including phenoxy) is 1.